The summed E-state index contributed by atoms with van der Waals surface area (Å²) >= 11 is 0. The highest BCUT2D eigenvalue weighted by Crippen LogP contribution is 2.24. The van der Waals surface area contributed by atoms with E-state index in [4.69, 9.17) is 10.5 Å². The van der Waals surface area contributed by atoms with E-state index in [2.05, 4.69) is 20.9 Å². The van der Waals surface area contributed by atoms with Crippen LogP contribution in [-0.2, 0) is 13.0 Å². The van der Waals surface area contributed by atoms with Crippen LogP contribution < -0.4 is 15.4 Å². The number of ether oxygens (including phenoxy) is 1. The third kappa shape index (κ3) is 2.31. The number of rotatable bonds is 2. The van der Waals surface area contributed by atoms with Gasteiger partial charge >= 0.3 is 0 Å². The van der Waals surface area contributed by atoms with Gasteiger partial charge in [-0.1, -0.05) is 6.07 Å². The van der Waals surface area contributed by atoms with Crippen molar-refractivity contribution in [3.63, 3.8) is 0 Å². The number of anilines is 2. The fraction of sp³-hybridized carbons (Fsp3) is 0.286. The van der Waals surface area contributed by atoms with Crippen molar-refractivity contribution in [2.75, 3.05) is 24.3 Å². The molecule has 1 aliphatic heterocycles. The number of hydrogen-bond acceptors (Lipinski definition) is 5. The Hall–Kier alpha value is -2.30. The van der Waals surface area contributed by atoms with Crippen LogP contribution >= 0.6 is 0 Å². The number of nitrogens with two attached hydrogens (primary N) is 1. The van der Waals surface area contributed by atoms with Gasteiger partial charge in [-0.2, -0.15) is 4.98 Å². The molecular weight excluding hydrogens is 240 g/mol. The molecule has 0 saturated heterocycles. The van der Waals surface area contributed by atoms with Crippen molar-refractivity contribution in [1.29, 1.82) is 0 Å². The second kappa shape index (κ2) is 4.76. The molecule has 0 fully saturated rings. The van der Waals surface area contributed by atoms with Crippen molar-refractivity contribution >= 4 is 11.6 Å². The van der Waals surface area contributed by atoms with Gasteiger partial charge in [0.1, 0.15) is 0 Å². The van der Waals surface area contributed by atoms with Crippen molar-refractivity contribution in [2.45, 2.75) is 13.0 Å². The third-order valence-corrected chi connectivity index (χ3v) is 3.35. The predicted molar refractivity (Wildman–Crippen MR) is 74.2 cm³/mol. The molecule has 0 saturated carbocycles. The average molecular weight is 256 g/mol. The molecule has 5 nitrogen and oxygen atoms in total. The Bertz CT molecular complexity index is 600. The Morgan fingerprint density at radius 2 is 2.16 bits per heavy atom. The number of benzene rings is 1. The predicted octanol–water partition coefficient (Wildman–Crippen LogP) is 1.63. The molecule has 2 aromatic rings. The molecule has 0 spiro atoms. The van der Waals surface area contributed by atoms with Gasteiger partial charge in [0.15, 0.2) is 0 Å². The molecule has 0 unspecified atom stereocenters. The zero-order chi connectivity index (χ0) is 13.2. The second-order valence-electron chi connectivity index (χ2n) is 4.60. The van der Waals surface area contributed by atoms with Gasteiger partial charge in [-0.05, 0) is 29.7 Å². The smallest absolute Gasteiger partial charge is 0.228 e. The lowest BCUT2D eigenvalue weighted by Crippen LogP contribution is -2.31. The van der Waals surface area contributed by atoms with Crippen LogP contribution in [0.3, 0.4) is 0 Å². The first-order valence-corrected chi connectivity index (χ1v) is 6.25. The SMILES string of the molecule is COc1ccnc(N2CCc3ccc(N)cc3C2)n1. The Kier molecular flexibility index (Phi) is 2.95. The van der Waals surface area contributed by atoms with Gasteiger partial charge in [-0.3, -0.25) is 0 Å². The third-order valence-electron chi connectivity index (χ3n) is 3.35. The summed E-state index contributed by atoms with van der Waals surface area (Å²) in [4.78, 5) is 10.8. The first kappa shape index (κ1) is 11.8. The molecule has 0 amide bonds. The number of nitrogen functional groups attached to an aromatic ring is 1. The summed E-state index contributed by atoms with van der Waals surface area (Å²) in [5.74, 6) is 1.29. The van der Waals surface area contributed by atoms with Gasteiger partial charge < -0.3 is 15.4 Å². The summed E-state index contributed by atoms with van der Waals surface area (Å²) in [5.41, 5.74) is 9.24. The van der Waals surface area contributed by atoms with Crippen molar-refractivity contribution in [1.82, 2.24) is 9.97 Å². The van der Waals surface area contributed by atoms with Crippen molar-refractivity contribution < 1.29 is 4.74 Å². The quantitative estimate of drug-likeness (QED) is 0.827. The largest absolute Gasteiger partial charge is 0.481 e. The topological polar surface area (TPSA) is 64.3 Å². The molecule has 1 aliphatic rings. The minimum Gasteiger partial charge on any atom is -0.481 e. The van der Waals surface area contributed by atoms with Crippen LogP contribution in [0.5, 0.6) is 5.88 Å². The van der Waals surface area contributed by atoms with Crippen LogP contribution in [0.2, 0.25) is 0 Å². The number of nitrogens with zero attached hydrogens (tertiary/aromatic N) is 3. The number of hydrogen-bond donors (Lipinski definition) is 1. The first-order chi connectivity index (χ1) is 9.26. The van der Waals surface area contributed by atoms with Crippen LogP contribution in [-0.4, -0.2) is 23.6 Å². The average Bonchev–Trinajstić information content (AvgIpc) is 2.46. The molecule has 1 aromatic carbocycles. The highest BCUT2D eigenvalue weighted by Gasteiger charge is 2.18. The molecule has 3 rings (SSSR count). The lowest BCUT2D eigenvalue weighted by molar-refractivity contribution is 0.396. The van der Waals surface area contributed by atoms with Crippen LogP contribution in [0, 0.1) is 0 Å². The van der Waals surface area contributed by atoms with Crippen LogP contribution in [0.15, 0.2) is 30.5 Å². The molecule has 0 atom stereocenters. The van der Waals surface area contributed by atoms with Crippen molar-refractivity contribution in [2.24, 2.45) is 0 Å². The highest BCUT2D eigenvalue weighted by molar-refractivity contribution is 5.48. The fourth-order valence-corrected chi connectivity index (χ4v) is 2.35. The summed E-state index contributed by atoms with van der Waals surface area (Å²) in [6, 6.07) is 7.84. The van der Waals surface area contributed by atoms with E-state index in [1.165, 1.54) is 11.1 Å². The molecule has 0 aliphatic carbocycles. The summed E-state index contributed by atoms with van der Waals surface area (Å²) in [6.07, 6.45) is 2.70. The molecule has 5 heteroatoms. The number of fused-ring (bicyclic) bond motifs is 1. The Balaban J connectivity index is 1.88. The number of methoxy groups -OCH3 is 1. The van der Waals surface area contributed by atoms with E-state index in [9.17, 15) is 0 Å². The Morgan fingerprint density at radius 3 is 3.00 bits per heavy atom. The van der Waals surface area contributed by atoms with Crippen LogP contribution in [0.1, 0.15) is 11.1 Å². The molecule has 19 heavy (non-hydrogen) atoms. The van der Waals surface area contributed by atoms with Gasteiger partial charge in [0.2, 0.25) is 11.8 Å². The van der Waals surface area contributed by atoms with Crippen LogP contribution in [0.25, 0.3) is 0 Å². The van der Waals surface area contributed by atoms with E-state index >= 15 is 0 Å². The molecule has 2 N–H and O–H groups in total. The summed E-state index contributed by atoms with van der Waals surface area (Å²) < 4.78 is 5.14. The van der Waals surface area contributed by atoms with Crippen molar-refractivity contribution in [3.05, 3.63) is 41.6 Å². The van der Waals surface area contributed by atoms with Gasteiger partial charge in [-0.25, -0.2) is 4.98 Å². The van der Waals surface area contributed by atoms with E-state index in [1.54, 1.807) is 19.4 Å². The van der Waals surface area contributed by atoms with Gasteiger partial charge in [0.05, 0.1) is 7.11 Å². The van der Waals surface area contributed by atoms with E-state index in [1.807, 2.05) is 12.1 Å². The first-order valence-electron chi connectivity index (χ1n) is 6.25. The maximum absolute atomic E-state index is 5.84. The molecule has 98 valence electrons. The van der Waals surface area contributed by atoms with Gasteiger partial charge in [0.25, 0.3) is 0 Å². The molecule has 1 aromatic heterocycles. The Morgan fingerprint density at radius 1 is 1.26 bits per heavy atom. The summed E-state index contributed by atoms with van der Waals surface area (Å²) in [6.45, 7) is 1.69. The minimum atomic E-state index is 0.586. The standard InChI is InChI=1S/C14H16N4O/c1-19-13-4-6-16-14(17-13)18-7-5-10-2-3-12(15)8-11(10)9-18/h2-4,6,8H,5,7,9,15H2,1H3. The molecule has 2 heterocycles. The molecular formula is C14H16N4O. The van der Waals surface area contributed by atoms with Crippen LogP contribution in [0.4, 0.5) is 11.6 Å². The minimum absolute atomic E-state index is 0.586. The van der Waals surface area contributed by atoms with Crippen molar-refractivity contribution in [3.8, 4) is 5.88 Å². The monoisotopic (exact) mass is 256 g/mol. The summed E-state index contributed by atoms with van der Waals surface area (Å²) in [5, 5.41) is 0. The number of aromatic nitrogens is 2. The highest BCUT2D eigenvalue weighted by atomic mass is 16.5. The normalized spacial score (nSPS) is 14.1. The van der Waals surface area contributed by atoms with E-state index in [-0.39, 0.29) is 0 Å². The molecule has 0 radical (unpaired) electrons. The lowest BCUT2D eigenvalue weighted by atomic mass is 9.99. The lowest BCUT2D eigenvalue weighted by Gasteiger charge is -2.29. The maximum Gasteiger partial charge on any atom is 0.228 e. The zero-order valence-electron chi connectivity index (χ0n) is 10.8. The van der Waals surface area contributed by atoms with E-state index < -0.39 is 0 Å². The second-order valence-corrected chi connectivity index (χ2v) is 4.60. The van der Waals surface area contributed by atoms with E-state index in [0.717, 1.165) is 25.2 Å². The fourth-order valence-electron chi connectivity index (χ4n) is 2.35. The summed E-state index contributed by atoms with van der Waals surface area (Å²) in [7, 11) is 1.61. The molecule has 0 bridgehead atoms. The van der Waals surface area contributed by atoms with E-state index in [0.29, 0.717) is 11.8 Å². The van der Waals surface area contributed by atoms with Gasteiger partial charge in [0, 0.05) is 31.0 Å². The van der Waals surface area contributed by atoms with Gasteiger partial charge in [-0.15, -0.1) is 0 Å². The zero-order valence-corrected chi connectivity index (χ0v) is 10.8. The Labute approximate surface area is 112 Å². The maximum atomic E-state index is 5.84.